The summed E-state index contributed by atoms with van der Waals surface area (Å²) in [5.74, 6) is 1.32. The normalized spacial score (nSPS) is 21.2. The van der Waals surface area contributed by atoms with E-state index < -0.39 is 0 Å². The van der Waals surface area contributed by atoms with Gasteiger partial charge in [-0.05, 0) is 37.6 Å². The molecule has 2 aromatic heterocycles. The molecule has 0 aliphatic carbocycles. The second-order valence-electron chi connectivity index (χ2n) is 7.03. The van der Waals surface area contributed by atoms with Crippen molar-refractivity contribution >= 4 is 0 Å². The smallest absolute Gasteiger partial charge is 0.264 e. The van der Waals surface area contributed by atoms with E-state index >= 15 is 0 Å². The second-order valence-corrected chi connectivity index (χ2v) is 7.03. The number of nitrogens with zero attached hydrogens (tertiary/aromatic N) is 4. The molecule has 1 fully saturated rings. The van der Waals surface area contributed by atoms with E-state index in [0.29, 0.717) is 24.9 Å². The molecule has 6 heteroatoms. The highest BCUT2D eigenvalue weighted by molar-refractivity contribution is 5.48. The van der Waals surface area contributed by atoms with Gasteiger partial charge in [0, 0.05) is 25.2 Å². The van der Waals surface area contributed by atoms with E-state index in [9.17, 15) is 5.11 Å². The molecular formula is C20H24N4O2. The van der Waals surface area contributed by atoms with Gasteiger partial charge in [-0.2, -0.15) is 0 Å². The van der Waals surface area contributed by atoms with Crippen LogP contribution in [0.5, 0.6) is 0 Å². The van der Waals surface area contributed by atoms with Gasteiger partial charge >= 0.3 is 0 Å². The molecule has 0 radical (unpaired) electrons. The van der Waals surface area contributed by atoms with Crippen LogP contribution in [0.2, 0.25) is 0 Å². The van der Waals surface area contributed by atoms with Crippen LogP contribution in [-0.4, -0.2) is 44.0 Å². The zero-order chi connectivity index (χ0) is 18.1. The maximum absolute atomic E-state index is 10.6. The third-order valence-electron chi connectivity index (χ3n) is 5.31. The van der Waals surface area contributed by atoms with Crippen molar-refractivity contribution in [1.82, 2.24) is 19.7 Å². The number of aliphatic hydroxyl groups excluding tert-OH is 1. The quantitative estimate of drug-likeness (QED) is 0.782. The average Bonchev–Trinajstić information content (AvgIpc) is 3.23. The van der Waals surface area contributed by atoms with Gasteiger partial charge < -0.3 is 14.1 Å². The summed E-state index contributed by atoms with van der Waals surface area (Å²) >= 11 is 0. The number of benzene rings is 1. The summed E-state index contributed by atoms with van der Waals surface area (Å²) in [6.45, 7) is 4.12. The van der Waals surface area contributed by atoms with Crippen molar-refractivity contribution in [2.75, 3.05) is 13.1 Å². The van der Waals surface area contributed by atoms with Crippen molar-refractivity contribution in [2.24, 2.45) is 7.05 Å². The van der Waals surface area contributed by atoms with E-state index in [1.54, 1.807) is 0 Å². The lowest BCUT2D eigenvalue weighted by molar-refractivity contribution is 0.0439. The number of aliphatic hydroxyl groups is 1. The van der Waals surface area contributed by atoms with Gasteiger partial charge in [0.05, 0.1) is 12.6 Å². The lowest BCUT2D eigenvalue weighted by atomic mass is 9.87. The molecule has 0 spiro atoms. The molecule has 1 saturated heterocycles. The number of hydrogen-bond acceptors (Lipinski definition) is 5. The number of rotatable bonds is 4. The highest BCUT2D eigenvalue weighted by Crippen LogP contribution is 2.29. The molecule has 0 amide bonds. The Morgan fingerprint density at radius 2 is 1.96 bits per heavy atom. The van der Waals surface area contributed by atoms with Gasteiger partial charge in [-0.15, -0.1) is 10.2 Å². The lowest BCUT2D eigenvalue weighted by Crippen LogP contribution is -2.42. The first kappa shape index (κ1) is 17.0. The first-order valence-corrected chi connectivity index (χ1v) is 9.02. The van der Waals surface area contributed by atoms with Gasteiger partial charge in [0.2, 0.25) is 5.89 Å². The van der Waals surface area contributed by atoms with E-state index in [1.807, 2.05) is 48.9 Å². The topological polar surface area (TPSA) is 67.3 Å². The fourth-order valence-corrected chi connectivity index (χ4v) is 3.67. The van der Waals surface area contributed by atoms with Gasteiger partial charge in [0.15, 0.2) is 0 Å². The molecule has 1 aromatic carbocycles. The molecule has 26 heavy (non-hydrogen) atoms. The Morgan fingerprint density at radius 3 is 2.65 bits per heavy atom. The molecule has 136 valence electrons. The largest absolute Gasteiger partial charge is 0.418 e. The van der Waals surface area contributed by atoms with Crippen LogP contribution in [0.1, 0.15) is 29.5 Å². The van der Waals surface area contributed by atoms with E-state index in [-0.39, 0.29) is 12.0 Å². The van der Waals surface area contributed by atoms with Crippen molar-refractivity contribution in [3.63, 3.8) is 0 Å². The summed E-state index contributed by atoms with van der Waals surface area (Å²) in [7, 11) is 1.99. The maximum atomic E-state index is 10.6. The van der Waals surface area contributed by atoms with Crippen molar-refractivity contribution in [3.8, 4) is 11.6 Å². The minimum absolute atomic E-state index is 0.192. The van der Waals surface area contributed by atoms with Crippen LogP contribution in [0.4, 0.5) is 0 Å². The molecule has 2 atom stereocenters. The highest BCUT2D eigenvalue weighted by Gasteiger charge is 2.29. The minimum Gasteiger partial charge on any atom is -0.418 e. The van der Waals surface area contributed by atoms with Crippen molar-refractivity contribution in [2.45, 2.75) is 31.9 Å². The third-order valence-corrected chi connectivity index (χ3v) is 5.31. The van der Waals surface area contributed by atoms with E-state index in [0.717, 1.165) is 24.4 Å². The van der Waals surface area contributed by atoms with Gasteiger partial charge in [0.1, 0.15) is 5.69 Å². The van der Waals surface area contributed by atoms with Crippen LogP contribution in [0.25, 0.3) is 11.6 Å². The van der Waals surface area contributed by atoms with Gasteiger partial charge in [-0.25, -0.2) is 0 Å². The van der Waals surface area contributed by atoms with Crippen molar-refractivity contribution < 1.29 is 9.52 Å². The molecule has 1 aliphatic rings. The summed E-state index contributed by atoms with van der Waals surface area (Å²) < 4.78 is 7.88. The summed E-state index contributed by atoms with van der Waals surface area (Å²) in [5, 5.41) is 18.9. The van der Waals surface area contributed by atoms with Crippen LogP contribution in [0.3, 0.4) is 0 Å². The number of hydrogen-bond donors (Lipinski definition) is 1. The Labute approximate surface area is 153 Å². The predicted molar refractivity (Wildman–Crippen MR) is 98.5 cm³/mol. The van der Waals surface area contributed by atoms with Crippen molar-refractivity contribution in [1.29, 1.82) is 0 Å². The van der Waals surface area contributed by atoms with E-state index in [1.165, 1.54) is 5.56 Å². The standard InChI is InChI=1S/C20H24N4O2/c1-14-8-9-17(23(14)2)20-22-21-19(26-20)13-24-11-10-16(18(25)12-24)15-6-4-3-5-7-15/h3-9,16,18,25H,10-13H2,1-2H3/t16-,18-/m1/s1. The van der Waals surface area contributed by atoms with Gasteiger partial charge in [-0.1, -0.05) is 30.3 Å². The van der Waals surface area contributed by atoms with Gasteiger partial charge in [-0.3, -0.25) is 4.90 Å². The Balaban J connectivity index is 1.41. The molecule has 1 N–H and O–H groups in total. The molecule has 4 rings (SSSR count). The Hall–Kier alpha value is -2.44. The molecule has 0 bridgehead atoms. The zero-order valence-electron chi connectivity index (χ0n) is 15.2. The minimum atomic E-state index is -0.385. The third kappa shape index (κ3) is 3.30. The molecule has 3 aromatic rings. The average molecular weight is 352 g/mol. The molecule has 6 nitrogen and oxygen atoms in total. The first-order valence-electron chi connectivity index (χ1n) is 9.02. The van der Waals surface area contributed by atoms with E-state index in [4.69, 9.17) is 4.42 Å². The summed E-state index contributed by atoms with van der Waals surface area (Å²) in [6.07, 6.45) is 0.535. The van der Waals surface area contributed by atoms with Crippen molar-refractivity contribution in [3.05, 3.63) is 59.6 Å². The number of β-amino-alcohol motifs (C(OH)–C–C–N with tert-alkyl or cyclic N) is 1. The molecule has 3 heterocycles. The van der Waals surface area contributed by atoms with Crippen LogP contribution in [0, 0.1) is 6.92 Å². The van der Waals surface area contributed by atoms with Crippen LogP contribution in [-0.2, 0) is 13.6 Å². The molecule has 1 aliphatic heterocycles. The first-order chi connectivity index (χ1) is 12.6. The molecule has 0 unspecified atom stereocenters. The highest BCUT2D eigenvalue weighted by atomic mass is 16.4. The number of piperidine rings is 1. The monoisotopic (exact) mass is 352 g/mol. The predicted octanol–water partition coefficient (Wildman–Crippen LogP) is 2.73. The zero-order valence-corrected chi connectivity index (χ0v) is 15.2. The number of aromatic nitrogens is 3. The maximum Gasteiger partial charge on any atom is 0.264 e. The number of aryl methyl sites for hydroxylation is 1. The fraction of sp³-hybridized carbons (Fsp3) is 0.400. The molecule has 0 saturated carbocycles. The van der Waals surface area contributed by atoms with Crippen LogP contribution in [0.15, 0.2) is 46.9 Å². The Bertz CT molecular complexity index is 871. The summed E-state index contributed by atoms with van der Waals surface area (Å²) in [4.78, 5) is 2.18. The number of likely N-dealkylation sites (tertiary alicyclic amines) is 1. The second kappa shape index (κ2) is 7.05. The summed E-state index contributed by atoms with van der Waals surface area (Å²) in [6, 6.07) is 14.3. The SMILES string of the molecule is Cc1ccc(-c2nnc(CN3CC[C@H](c4ccccc4)[C@H](O)C3)o2)n1C. The van der Waals surface area contributed by atoms with Crippen LogP contribution >= 0.6 is 0 Å². The van der Waals surface area contributed by atoms with Crippen LogP contribution < -0.4 is 0 Å². The lowest BCUT2D eigenvalue weighted by Gasteiger charge is -2.35. The van der Waals surface area contributed by atoms with E-state index in [2.05, 4.69) is 27.2 Å². The fourth-order valence-electron chi connectivity index (χ4n) is 3.67. The Morgan fingerprint density at radius 1 is 1.15 bits per heavy atom. The molecular weight excluding hydrogens is 328 g/mol. The summed E-state index contributed by atoms with van der Waals surface area (Å²) in [5.41, 5.74) is 3.27. The Kier molecular flexibility index (Phi) is 4.61. The van der Waals surface area contributed by atoms with Gasteiger partial charge in [0.25, 0.3) is 5.89 Å².